The molecule has 2 aliphatic heterocycles. The Morgan fingerprint density at radius 2 is 0.697 bits per heavy atom. The molecule has 8 aromatic rings. The van der Waals surface area contributed by atoms with Crippen molar-refractivity contribution in [2.75, 3.05) is 40.6 Å². The highest BCUT2D eigenvalue weighted by Crippen LogP contribution is 2.49. The van der Waals surface area contributed by atoms with Crippen molar-refractivity contribution in [3.63, 3.8) is 0 Å². The largest absolute Gasteiger partial charge is 0.495 e. The number of methoxy groups -OCH3 is 2. The van der Waals surface area contributed by atoms with E-state index in [4.69, 9.17) is 28.4 Å². The molecule has 10 nitrogen and oxygen atoms in total. The molecule has 0 atom stereocenters. The molecule has 0 radical (unpaired) electrons. The average molecular weight is 1020 g/mol. The molecule has 0 saturated heterocycles. The third-order valence-corrected chi connectivity index (χ3v) is 14.3. The SMILES string of the molecule is CCCOc1c2cccc1Cc1cc3cc(c1OCCC)Cc1cccc(c1OCCC)Cc1cc(cc(c1OCCC)C2)CNC(=O)c1cc2ccccc2c(c1OC)-c1c(OC)c(cc2ccccc12)C(=O)NC3. The molecule has 10 heteroatoms. The first-order chi connectivity index (χ1) is 37.2. The van der Waals surface area contributed by atoms with Crippen LogP contribution < -0.4 is 39.1 Å². The van der Waals surface area contributed by atoms with Crippen LogP contribution in [0.25, 0.3) is 32.7 Å². The highest BCUT2D eigenvalue weighted by Gasteiger charge is 2.29. The van der Waals surface area contributed by atoms with Crippen molar-refractivity contribution >= 4 is 33.4 Å². The Morgan fingerprint density at radius 1 is 0.382 bits per heavy atom. The number of nitrogens with one attached hydrogen (secondary N) is 2. The fourth-order valence-corrected chi connectivity index (χ4v) is 11.1. The smallest absolute Gasteiger partial charge is 0.255 e. The van der Waals surface area contributed by atoms with Crippen LogP contribution in [0.15, 0.2) is 121 Å². The summed E-state index contributed by atoms with van der Waals surface area (Å²) in [6.45, 7) is 11.0. The fourth-order valence-electron chi connectivity index (χ4n) is 11.1. The number of para-hydroxylation sites is 2. The van der Waals surface area contributed by atoms with Gasteiger partial charge in [0.25, 0.3) is 11.8 Å². The van der Waals surface area contributed by atoms with Gasteiger partial charge in [0.15, 0.2) is 0 Å². The van der Waals surface area contributed by atoms with Gasteiger partial charge in [-0.25, -0.2) is 0 Å². The minimum Gasteiger partial charge on any atom is -0.495 e. The van der Waals surface area contributed by atoms with Crippen molar-refractivity contribution in [3.8, 4) is 45.6 Å². The number of amides is 2. The lowest BCUT2D eigenvalue weighted by Gasteiger charge is -2.24. The molecule has 11 rings (SSSR count). The van der Waals surface area contributed by atoms with Crippen LogP contribution in [0.5, 0.6) is 34.5 Å². The van der Waals surface area contributed by atoms with Crippen LogP contribution in [-0.4, -0.2) is 52.5 Å². The summed E-state index contributed by atoms with van der Waals surface area (Å²) in [6.07, 6.45) is 5.33. The van der Waals surface area contributed by atoms with E-state index in [0.717, 1.165) is 126 Å². The second-order valence-electron chi connectivity index (χ2n) is 19.9. The van der Waals surface area contributed by atoms with Gasteiger partial charge in [-0.05, 0) is 139 Å². The Labute approximate surface area is 446 Å². The maximum Gasteiger partial charge on any atom is 0.255 e. The normalized spacial score (nSPS) is 13.2. The predicted octanol–water partition coefficient (Wildman–Crippen LogP) is 13.7. The molecule has 3 aliphatic rings. The first-order valence-corrected chi connectivity index (χ1v) is 27.0. The highest BCUT2D eigenvalue weighted by atomic mass is 16.5. The first-order valence-electron chi connectivity index (χ1n) is 27.0. The van der Waals surface area contributed by atoms with Crippen molar-refractivity contribution < 1.29 is 38.0 Å². The lowest BCUT2D eigenvalue weighted by molar-refractivity contribution is 0.0939. The minimum absolute atomic E-state index is 0.204. The predicted molar refractivity (Wildman–Crippen MR) is 302 cm³/mol. The second-order valence-corrected chi connectivity index (χ2v) is 19.9. The number of hydrogen-bond donors (Lipinski definition) is 2. The number of carbonyl (C=O) groups is 2. The molecule has 0 fully saturated rings. The van der Waals surface area contributed by atoms with E-state index in [1.54, 1.807) is 14.2 Å². The molecule has 390 valence electrons. The van der Waals surface area contributed by atoms with Gasteiger partial charge in [-0.3, -0.25) is 9.59 Å². The lowest BCUT2D eigenvalue weighted by atomic mass is 9.88. The van der Waals surface area contributed by atoms with E-state index in [0.29, 0.717) is 85.9 Å². The van der Waals surface area contributed by atoms with E-state index in [1.165, 1.54) is 0 Å². The van der Waals surface area contributed by atoms with Gasteiger partial charge in [-0.2, -0.15) is 0 Å². The van der Waals surface area contributed by atoms with Crippen LogP contribution in [-0.2, 0) is 38.8 Å². The van der Waals surface area contributed by atoms with E-state index in [1.807, 2.05) is 60.7 Å². The Bertz CT molecular complexity index is 3150. The summed E-state index contributed by atoms with van der Waals surface area (Å²) in [6, 6.07) is 41.2. The summed E-state index contributed by atoms with van der Waals surface area (Å²) >= 11 is 0. The Balaban J connectivity index is 1.29. The molecule has 2 amide bonds. The van der Waals surface area contributed by atoms with Gasteiger partial charge in [0.05, 0.1) is 51.8 Å². The van der Waals surface area contributed by atoms with E-state index >= 15 is 9.59 Å². The quantitative estimate of drug-likeness (QED) is 0.111. The van der Waals surface area contributed by atoms with Gasteiger partial charge in [-0.15, -0.1) is 0 Å². The van der Waals surface area contributed by atoms with Crippen molar-refractivity contribution in [2.24, 2.45) is 0 Å². The molecular weight excluding hydrogens is 949 g/mol. The van der Waals surface area contributed by atoms with Crippen LogP contribution in [0, 0.1) is 0 Å². The fraction of sp³-hybridized carbons (Fsp3) is 0.303. The Morgan fingerprint density at radius 3 is 1.01 bits per heavy atom. The molecular formula is C66H68N2O8. The molecule has 8 aromatic carbocycles. The molecule has 2 N–H and O–H groups in total. The van der Waals surface area contributed by atoms with Crippen molar-refractivity contribution in [1.29, 1.82) is 0 Å². The number of fused-ring (bicyclic) bond motifs is 6. The maximum atomic E-state index is 15.1. The zero-order chi connectivity index (χ0) is 52.7. The lowest BCUT2D eigenvalue weighted by Crippen LogP contribution is -2.24. The third-order valence-electron chi connectivity index (χ3n) is 14.3. The molecule has 76 heavy (non-hydrogen) atoms. The number of carbonyl (C=O) groups excluding carboxylic acids is 2. The average Bonchev–Trinajstić information content (AvgIpc) is 3.43. The zero-order valence-electron chi connectivity index (χ0n) is 44.7. The third kappa shape index (κ3) is 10.4. The number of ether oxygens (including phenoxy) is 6. The number of rotatable bonds is 14. The Hall–Kier alpha value is -7.98. The summed E-state index contributed by atoms with van der Waals surface area (Å²) < 4.78 is 40.1. The van der Waals surface area contributed by atoms with E-state index in [2.05, 4.69) is 99.0 Å². The van der Waals surface area contributed by atoms with Crippen molar-refractivity contribution in [3.05, 3.63) is 188 Å². The van der Waals surface area contributed by atoms with Crippen molar-refractivity contribution in [2.45, 2.75) is 92.2 Å². The summed E-state index contributed by atoms with van der Waals surface area (Å²) in [5.41, 5.74) is 11.9. The first kappa shape index (κ1) is 51.5. The van der Waals surface area contributed by atoms with Crippen LogP contribution in [0.3, 0.4) is 0 Å². The van der Waals surface area contributed by atoms with Crippen LogP contribution >= 0.6 is 0 Å². The summed E-state index contributed by atoms with van der Waals surface area (Å²) in [7, 11) is 3.18. The molecule has 0 spiro atoms. The van der Waals surface area contributed by atoms with Crippen LogP contribution in [0.1, 0.15) is 130 Å². The Kier molecular flexibility index (Phi) is 15.8. The zero-order valence-corrected chi connectivity index (χ0v) is 44.7. The number of benzene rings is 8. The minimum atomic E-state index is -0.318. The molecule has 0 saturated carbocycles. The molecule has 0 unspecified atom stereocenters. The van der Waals surface area contributed by atoms with Gasteiger partial charge in [0.1, 0.15) is 34.5 Å². The monoisotopic (exact) mass is 1020 g/mol. The molecule has 2 heterocycles. The number of hydrogen-bond acceptors (Lipinski definition) is 8. The van der Waals surface area contributed by atoms with E-state index in [-0.39, 0.29) is 24.9 Å². The van der Waals surface area contributed by atoms with E-state index < -0.39 is 0 Å². The van der Waals surface area contributed by atoms with Crippen LogP contribution in [0.4, 0.5) is 0 Å². The molecule has 0 aromatic heterocycles. The summed E-state index contributed by atoms with van der Waals surface area (Å²) in [5, 5.41) is 9.99. The van der Waals surface area contributed by atoms with Gasteiger partial charge < -0.3 is 39.1 Å². The van der Waals surface area contributed by atoms with Gasteiger partial charge in [0, 0.05) is 49.9 Å². The standard InChI is InChI=1S/C66H68N2O8/c1-7-25-73-59-45-19-15-20-46(59)34-50-30-42-32-52(62(50)76-28-10-4)36-48-22-16-21-47(60(48)74-26-8-2)35-51-31-41(29-49(33-45)61(51)75-27-9-3)39-67-65(69)55-37-43-17-11-13-23-53(43)57(63(55)71-5)58-54-24-14-12-18-44(54)38-56(64(58)72-6)66(70)68-40-42/h11-24,29-32,37-38H,7-10,25-28,33-36,39-40H2,1-6H3,(H,67,69)(H,68,70). The van der Waals surface area contributed by atoms with Gasteiger partial charge in [0.2, 0.25) is 0 Å². The van der Waals surface area contributed by atoms with Crippen LogP contribution in [0.2, 0.25) is 0 Å². The summed E-state index contributed by atoms with van der Waals surface area (Å²) in [4.78, 5) is 30.2. The topological polar surface area (TPSA) is 114 Å². The second kappa shape index (κ2) is 23.3. The molecule has 1 aliphatic carbocycles. The van der Waals surface area contributed by atoms with Crippen molar-refractivity contribution in [1.82, 2.24) is 10.6 Å². The highest BCUT2D eigenvalue weighted by molar-refractivity contribution is 6.16. The summed E-state index contributed by atoms with van der Waals surface area (Å²) in [5.74, 6) is 3.40. The van der Waals surface area contributed by atoms with Gasteiger partial charge >= 0.3 is 0 Å². The van der Waals surface area contributed by atoms with E-state index in [9.17, 15) is 0 Å². The van der Waals surface area contributed by atoms with Gasteiger partial charge in [-0.1, -0.05) is 113 Å². The maximum absolute atomic E-state index is 15.1. The molecule has 14 bridgehead atoms.